The van der Waals surface area contributed by atoms with Gasteiger partial charge in [-0.1, -0.05) is 0 Å². The Hall–Kier alpha value is -0.810. The van der Waals surface area contributed by atoms with Gasteiger partial charge in [0.1, 0.15) is 5.54 Å². The fraction of sp³-hybridized carbons (Fsp3) is 0.818. The summed E-state index contributed by atoms with van der Waals surface area (Å²) < 4.78 is 0. The van der Waals surface area contributed by atoms with Crippen LogP contribution in [-0.2, 0) is 9.59 Å². The predicted octanol–water partition coefficient (Wildman–Crippen LogP) is 0.659. The fourth-order valence-corrected chi connectivity index (χ4v) is 2.68. The van der Waals surface area contributed by atoms with Crippen LogP contribution in [0, 0.1) is 5.92 Å². The lowest BCUT2D eigenvalue weighted by Gasteiger charge is -2.38. The quantitative estimate of drug-likeness (QED) is 0.697. The van der Waals surface area contributed by atoms with Gasteiger partial charge in [-0.3, -0.25) is 9.59 Å². The number of halogens is 1. The van der Waals surface area contributed by atoms with Crippen LogP contribution in [0.5, 0.6) is 0 Å². The number of carboxylic acid groups (broad SMARTS) is 1. The van der Waals surface area contributed by atoms with Gasteiger partial charge in [0.05, 0.1) is 0 Å². The van der Waals surface area contributed by atoms with Crippen molar-refractivity contribution in [1.29, 1.82) is 0 Å². The first-order valence-corrected chi connectivity index (χ1v) is 5.69. The highest BCUT2D eigenvalue weighted by atomic mass is 35.5. The summed E-state index contributed by atoms with van der Waals surface area (Å²) in [6, 6.07) is 0. The zero-order chi connectivity index (χ0) is 12.0. The molecule has 2 aliphatic rings. The molecule has 1 saturated heterocycles. The molecule has 1 aliphatic carbocycles. The third-order valence-electron chi connectivity index (χ3n) is 3.87. The SMILES string of the molecule is CC(N)(CC1CC2(CCC2)NC1=O)C(=O)O.Cl. The molecule has 4 N–H and O–H groups in total. The van der Waals surface area contributed by atoms with Gasteiger partial charge < -0.3 is 16.2 Å². The van der Waals surface area contributed by atoms with Gasteiger partial charge in [0.15, 0.2) is 0 Å². The lowest BCUT2D eigenvalue weighted by atomic mass is 9.73. The highest BCUT2D eigenvalue weighted by Crippen LogP contribution is 2.43. The van der Waals surface area contributed by atoms with E-state index in [0.29, 0.717) is 0 Å². The highest BCUT2D eigenvalue weighted by molar-refractivity contribution is 5.85. The van der Waals surface area contributed by atoms with E-state index in [2.05, 4.69) is 5.32 Å². The number of carbonyl (C=O) groups excluding carboxylic acids is 1. The second kappa shape index (κ2) is 4.46. The molecule has 2 unspecified atom stereocenters. The van der Waals surface area contributed by atoms with Crippen LogP contribution >= 0.6 is 12.4 Å². The van der Waals surface area contributed by atoms with Crippen LogP contribution in [0.4, 0.5) is 0 Å². The van der Waals surface area contributed by atoms with Gasteiger partial charge >= 0.3 is 5.97 Å². The zero-order valence-corrected chi connectivity index (χ0v) is 10.7. The molecule has 0 aromatic carbocycles. The average molecular weight is 263 g/mol. The molecule has 1 amide bonds. The van der Waals surface area contributed by atoms with Gasteiger partial charge in [-0.15, -0.1) is 12.4 Å². The van der Waals surface area contributed by atoms with Crippen molar-refractivity contribution < 1.29 is 14.7 Å². The first kappa shape index (κ1) is 14.3. The van der Waals surface area contributed by atoms with Crippen molar-refractivity contribution in [3.63, 3.8) is 0 Å². The van der Waals surface area contributed by atoms with Gasteiger partial charge in [0.25, 0.3) is 0 Å². The van der Waals surface area contributed by atoms with Crippen molar-refractivity contribution in [3.8, 4) is 0 Å². The van der Waals surface area contributed by atoms with E-state index in [9.17, 15) is 9.59 Å². The highest BCUT2D eigenvalue weighted by Gasteiger charge is 2.49. The number of nitrogens with two attached hydrogens (primary N) is 1. The Labute approximate surface area is 107 Å². The number of carboxylic acids is 1. The number of hydrogen-bond acceptors (Lipinski definition) is 3. The molecule has 5 nitrogen and oxygen atoms in total. The Morgan fingerprint density at radius 2 is 2.24 bits per heavy atom. The Morgan fingerprint density at radius 3 is 2.59 bits per heavy atom. The van der Waals surface area contributed by atoms with E-state index in [-0.39, 0.29) is 36.2 Å². The Kier molecular flexibility index (Phi) is 3.74. The van der Waals surface area contributed by atoms with E-state index in [1.165, 1.54) is 6.92 Å². The van der Waals surface area contributed by atoms with Crippen LogP contribution in [0.3, 0.4) is 0 Å². The van der Waals surface area contributed by atoms with E-state index < -0.39 is 11.5 Å². The number of amides is 1. The molecular weight excluding hydrogens is 244 g/mol. The minimum atomic E-state index is -1.31. The van der Waals surface area contributed by atoms with Crippen molar-refractivity contribution in [3.05, 3.63) is 0 Å². The number of carbonyl (C=O) groups is 2. The summed E-state index contributed by atoms with van der Waals surface area (Å²) in [5.74, 6) is -1.32. The summed E-state index contributed by atoms with van der Waals surface area (Å²) in [6.07, 6.45) is 4.14. The van der Waals surface area contributed by atoms with Gasteiger partial charge in [-0.25, -0.2) is 0 Å². The molecule has 0 radical (unpaired) electrons. The third kappa shape index (κ3) is 2.55. The first-order chi connectivity index (χ1) is 7.35. The maximum atomic E-state index is 11.7. The van der Waals surface area contributed by atoms with E-state index >= 15 is 0 Å². The van der Waals surface area contributed by atoms with E-state index in [1.807, 2.05) is 0 Å². The van der Waals surface area contributed by atoms with Crippen LogP contribution in [0.15, 0.2) is 0 Å². The van der Waals surface area contributed by atoms with Gasteiger partial charge in [-0.2, -0.15) is 0 Å². The normalized spacial score (nSPS) is 28.8. The van der Waals surface area contributed by atoms with Crippen LogP contribution in [0.1, 0.15) is 39.0 Å². The molecule has 1 spiro atoms. The summed E-state index contributed by atoms with van der Waals surface area (Å²) in [7, 11) is 0. The van der Waals surface area contributed by atoms with E-state index in [4.69, 9.17) is 10.8 Å². The predicted molar refractivity (Wildman–Crippen MR) is 64.9 cm³/mol. The molecule has 1 heterocycles. The molecule has 2 atom stereocenters. The molecule has 1 saturated carbocycles. The topological polar surface area (TPSA) is 92.4 Å². The number of rotatable bonds is 3. The number of hydrogen-bond donors (Lipinski definition) is 3. The molecular formula is C11H19ClN2O3. The minimum absolute atomic E-state index is 0. The van der Waals surface area contributed by atoms with Gasteiger partial charge in [0, 0.05) is 11.5 Å². The second-order valence-corrected chi connectivity index (χ2v) is 5.45. The molecule has 0 aromatic rings. The second-order valence-electron chi connectivity index (χ2n) is 5.45. The maximum Gasteiger partial charge on any atom is 0.323 e. The molecule has 17 heavy (non-hydrogen) atoms. The average Bonchev–Trinajstić information content (AvgIpc) is 2.42. The largest absolute Gasteiger partial charge is 0.480 e. The Bertz CT molecular complexity index is 340. The van der Waals surface area contributed by atoms with Gasteiger partial charge in [0.2, 0.25) is 5.91 Å². The van der Waals surface area contributed by atoms with Crippen LogP contribution in [0.2, 0.25) is 0 Å². The van der Waals surface area contributed by atoms with Crippen molar-refractivity contribution in [2.75, 3.05) is 0 Å². The molecule has 1 aliphatic heterocycles. The molecule has 2 rings (SSSR count). The number of nitrogens with one attached hydrogen (secondary N) is 1. The van der Waals surface area contributed by atoms with Crippen molar-refractivity contribution >= 4 is 24.3 Å². The molecule has 98 valence electrons. The standard InChI is InChI=1S/C11H18N2O3.ClH/c1-10(12,9(15)16)5-7-6-11(3-2-4-11)13-8(7)14;/h7H,2-6,12H2,1H3,(H,13,14)(H,15,16);1H. The summed E-state index contributed by atoms with van der Waals surface area (Å²) in [4.78, 5) is 22.6. The number of aliphatic carboxylic acids is 1. The van der Waals surface area contributed by atoms with Crippen molar-refractivity contribution in [1.82, 2.24) is 5.32 Å². The minimum Gasteiger partial charge on any atom is -0.480 e. The van der Waals surface area contributed by atoms with Crippen molar-refractivity contribution in [2.45, 2.75) is 50.1 Å². The lowest BCUT2D eigenvalue weighted by Crippen LogP contribution is -2.47. The third-order valence-corrected chi connectivity index (χ3v) is 3.87. The van der Waals surface area contributed by atoms with Crippen molar-refractivity contribution in [2.24, 2.45) is 11.7 Å². The lowest BCUT2D eigenvalue weighted by molar-refractivity contribution is -0.143. The fourth-order valence-electron chi connectivity index (χ4n) is 2.68. The summed E-state index contributed by atoms with van der Waals surface area (Å²) in [5.41, 5.74) is 4.33. The van der Waals surface area contributed by atoms with E-state index in [1.54, 1.807) is 0 Å². The van der Waals surface area contributed by atoms with Crippen LogP contribution in [0.25, 0.3) is 0 Å². The monoisotopic (exact) mass is 262 g/mol. The summed E-state index contributed by atoms with van der Waals surface area (Å²) in [5, 5.41) is 11.9. The molecule has 6 heteroatoms. The maximum absolute atomic E-state index is 11.7. The Morgan fingerprint density at radius 1 is 1.65 bits per heavy atom. The first-order valence-electron chi connectivity index (χ1n) is 5.69. The molecule has 0 bridgehead atoms. The molecule has 2 fully saturated rings. The van der Waals surface area contributed by atoms with E-state index in [0.717, 1.165) is 25.7 Å². The van der Waals surface area contributed by atoms with Crippen LogP contribution in [-0.4, -0.2) is 28.1 Å². The van der Waals surface area contributed by atoms with Crippen LogP contribution < -0.4 is 11.1 Å². The molecule has 0 aromatic heterocycles. The summed E-state index contributed by atoms with van der Waals surface area (Å²) >= 11 is 0. The zero-order valence-electron chi connectivity index (χ0n) is 9.86. The van der Waals surface area contributed by atoms with Gasteiger partial charge in [-0.05, 0) is 39.0 Å². The summed E-state index contributed by atoms with van der Waals surface area (Å²) in [6.45, 7) is 1.47. The Balaban J connectivity index is 0.00000144. The smallest absolute Gasteiger partial charge is 0.323 e.